The first-order chi connectivity index (χ1) is 10.1. The third-order valence-corrected chi connectivity index (χ3v) is 2.96. The van der Waals surface area contributed by atoms with E-state index in [4.69, 9.17) is 4.74 Å². The molecule has 0 fully saturated rings. The van der Waals surface area contributed by atoms with Crippen LogP contribution >= 0.6 is 0 Å². The highest BCUT2D eigenvalue weighted by Crippen LogP contribution is 2.12. The average molecular weight is 284 g/mol. The Labute approximate surface area is 122 Å². The van der Waals surface area contributed by atoms with Crippen molar-refractivity contribution in [1.29, 1.82) is 0 Å². The lowest BCUT2D eigenvalue weighted by Gasteiger charge is -2.04. The molecule has 5 heteroatoms. The van der Waals surface area contributed by atoms with E-state index in [2.05, 4.69) is 10.5 Å². The Morgan fingerprint density at radius 3 is 2.19 bits per heavy atom. The van der Waals surface area contributed by atoms with E-state index in [-0.39, 0.29) is 11.7 Å². The van der Waals surface area contributed by atoms with E-state index < -0.39 is 0 Å². The Balaban J connectivity index is 2.05. The van der Waals surface area contributed by atoms with Gasteiger partial charge in [-0.3, -0.25) is 4.79 Å². The zero-order valence-electron chi connectivity index (χ0n) is 11.8. The minimum Gasteiger partial charge on any atom is -0.508 e. The van der Waals surface area contributed by atoms with Crippen molar-refractivity contribution in [3.05, 3.63) is 59.7 Å². The third-order valence-electron chi connectivity index (χ3n) is 2.96. The molecular formula is C16H16N2O3. The molecule has 1 amide bonds. The van der Waals surface area contributed by atoms with E-state index in [1.54, 1.807) is 14.0 Å². The van der Waals surface area contributed by atoms with Gasteiger partial charge in [-0.15, -0.1) is 0 Å². The van der Waals surface area contributed by atoms with Gasteiger partial charge in [0.25, 0.3) is 5.91 Å². The van der Waals surface area contributed by atoms with E-state index in [0.717, 1.165) is 11.3 Å². The van der Waals surface area contributed by atoms with Crippen molar-refractivity contribution in [1.82, 2.24) is 5.43 Å². The van der Waals surface area contributed by atoms with Crippen LogP contribution in [0.25, 0.3) is 0 Å². The van der Waals surface area contributed by atoms with Crippen LogP contribution in [0.3, 0.4) is 0 Å². The number of carbonyl (C=O) groups excluding carboxylic acids is 1. The Bertz CT molecular complexity index is 646. The molecule has 0 spiro atoms. The number of phenolic OH excluding ortho intramolecular Hbond substituents is 1. The molecule has 108 valence electrons. The maximum Gasteiger partial charge on any atom is 0.271 e. The topological polar surface area (TPSA) is 70.9 Å². The van der Waals surface area contributed by atoms with Crippen molar-refractivity contribution in [2.75, 3.05) is 7.11 Å². The normalized spacial score (nSPS) is 11.0. The van der Waals surface area contributed by atoms with Gasteiger partial charge >= 0.3 is 0 Å². The highest BCUT2D eigenvalue weighted by atomic mass is 16.5. The largest absolute Gasteiger partial charge is 0.508 e. The average Bonchev–Trinajstić information content (AvgIpc) is 2.53. The monoisotopic (exact) mass is 284 g/mol. The zero-order chi connectivity index (χ0) is 15.2. The van der Waals surface area contributed by atoms with Gasteiger partial charge < -0.3 is 9.84 Å². The number of hydrazone groups is 1. The molecule has 0 aliphatic rings. The van der Waals surface area contributed by atoms with E-state index in [1.807, 2.05) is 24.3 Å². The second kappa shape index (κ2) is 6.56. The third kappa shape index (κ3) is 3.82. The molecule has 0 aliphatic heterocycles. The molecule has 0 aromatic heterocycles. The predicted molar refractivity (Wildman–Crippen MR) is 80.8 cm³/mol. The molecule has 0 unspecified atom stereocenters. The zero-order valence-corrected chi connectivity index (χ0v) is 11.8. The van der Waals surface area contributed by atoms with Crippen LogP contribution in [0, 0.1) is 0 Å². The van der Waals surface area contributed by atoms with Crippen LogP contribution in [0.2, 0.25) is 0 Å². The molecule has 0 atom stereocenters. The number of benzene rings is 2. The van der Waals surface area contributed by atoms with E-state index in [1.165, 1.54) is 24.3 Å². The van der Waals surface area contributed by atoms with E-state index in [9.17, 15) is 9.90 Å². The van der Waals surface area contributed by atoms with Gasteiger partial charge in [-0.05, 0) is 61.0 Å². The molecule has 0 aliphatic carbocycles. The predicted octanol–water partition coefficient (Wildman–Crippen LogP) is 2.55. The Kier molecular flexibility index (Phi) is 4.56. The first-order valence-electron chi connectivity index (χ1n) is 6.38. The molecule has 2 rings (SSSR count). The molecule has 0 heterocycles. The van der Waals surface area contributed by atoms with Crippen molar-refractivity contribution in [2.24, 2.45) is 5.10 Å². The number of hydrogen-bond donors (Lipinski definition) is 2. The van der Waals surface area contributed by atoms with Crippen molar-refractivity contribution in [3.63, 3.8) is 0 Å². The number of hydrogen-bond acceptors (Lipinski definition) is 4. The van der Waals surface area contributed by atoms with Gasteiger partial charge in [-0.25, -0.2) is 5.43 Å². The lowest BCUT2D eigenvalue weighted by atomic mass is 10.1. The summed E-state index contributed by atoms with van der Waals surface area (Å²) in [6.07, 6.45) is 0. The van der Waals surface area contributed by atoms with Crippen LogP contribution in [0.4, 0.5) is 0 Å². The fraction of sp³-hybridized carbons (Fsp3) is 0.125. The number of methoxy groups -OCH3 is 1. The van der Waals surface area contributed by atoms with Crippen molar-refractivity contribution >= 4 is 11.6 Å². The summed E-state index contributed by atoms with van der Waals surface area (Å²) in [6, 6.07) is 13.4. The number of amides is 1. The maximum atomic E-state index is 11.9. The molecule has 0 radical (unpaired) electrons. The summed E-state index contributed by atoms with van der Waals surface area (Å²) in [6.45, 7) is 1.80. The minimum atomic E-state index is -0.331. The van der Waals surface area contributed by atoms with Crippen LogP contribution in [0.15, 0.2) is 53.6 Å². The minimum absolute atomic E-state index is 0.115. The molecule has 2 N–H and O–H groups in total. The van der Waals surface area contributed by atoms with Crippen LogP contribution in [-0.2, 0) is 0 Å². The second-order valence-electron chi connectivity index (χ2n) is 4.41. The number of ether oxygens (including phenoxy) is 1. The molecule has 21 heavy (non-hydrogen) atoms. The Hall–Kier alpha value is -2.82. The maximum absolute atomic E-state index is 11.9. The Morgan fingerprint density at radius 2 is 1.62 bits per heavy atom. The first kappa shape index (κ1) is 14.6. The standard InChI is InChI=1S/C16H16N2O3/c1-11(12-5-9-15(21-2)10-6-12)17-18-16(20)13-3-7-14(19)8-4-13/h3-10,19H,1-2H3,(H,18,20)/b17-11-. The molecule has 5 nitrogen and oxygen atoms in total. The first-order valence-corrected chi connectivity index (χ1v) is 6.38. The number of phenols is 1. The summed E-state index contributed by atoms with van der Waals surface area (Å²) >= 11 is 0. The van der Waals surface area contributed by atoms with Gasteiger partial charge in [0.1, 0.15) is 11.5 Å². The number of nitrogens with zero attached hydrogens (tertiary/aromatic N) is 1. The molecule has 2 aromatic carbocycles. The molecule has 0 saturated heterocycles. The van der Waals surface area contributed by atoms with Crippen LogP contribution in [0.5, 0.6) is 11.5 Å². The van der Waals surface area contributed by atoms with Gasteiger partial charge in [-0.1, -0.05) is 0 Å². The van der Waals surface area contributed by atoms with Gasteiger partial charge in [-0.2, -0.15) is 5.10 Å². The van der Waals surface area contributed by atoms with Gasteiger partial charge in [0, 0.05) is 5.56 Å². The summed E-state index contributed by atoms with van der Waals surface area (Å²) in [5.41, 5.74) is 4.49. The number of aromatic hydroxyl groups is 1. The van der Waals surface area contributed by atoms with Crippen molar-refractivity contribution < 1.29 is 14.6 Å². The van der Waals surface area contributed by atoms with Crippen LogP contribution in [0.1, 0.15) is 22.8 Å². The van der Waals surface area contributed by atoms with Gasteiger partial charge in [0.15, 0.2) is 0 Å². The van der Waals surface area contributed by atoms with Gasteiger partial charge in [0.05, 0.1) is 12.8 Å². The van der Waals surface area contributed by atoms with Crippen LogP contribution < -0.4 is 10.2 Å². The SMILES string of the molecule is COc1ccc(/C(C)=N\NC(=O)c2ccc(O)cc2)cc1. The van der Waals surface area contributed by atoms with Crippen molar-refractivity contribution in [2.45, 2.75) is 6.92 Å². The smallest absolute Gasteiger partial charge is 0.271 e. The summed E-state index contributed by atoms with van der Waals surface area (Å²) in [5.74, 6) is 0.548. The van der Waals surface area contributed by atoms with Crippen LogP contribution in [-0.4, -0.2) is 23.8 Å². The highest BCUT2D eigenvalue weighted by molar-refractivity contribution is 6.00. The summed E-state index contributed by atoms with van der Waals surface area (Å²) in [4.78, 5) is 11.9. The highest BCUT2D eigenvalue weighted by Gasteiger charge is 2.05. The molecule has 0 saturated carbocycles. The summed E-state index contributed by atoms with van der Waals surface area (Å²) in [7, 11) is 1.60. The van der Waals surface area contributed by atoms with Crippen molar-refractivity contribution in [3.8, 4) is 11.5 Å². The Morgan fingerprint density at radius 1 is 1.05 bits per heavy atom. The number of nitrogens with one attached hydrogen (secondary N) is 1. The fourth-order valence-corrected chi connectivity index (χ4v) is 1.71. The molecule has 0 bridgehead atoms. The number of carbonyl (C=O) groups is 1. The second-order valence-corrected chi connectivity index (χ2v) is 4.41. The summed E-state index contributed by atoms with van der Waals surface area (Å²) in [5, 5.41) is 13.2. The fourth-order valence-electron chi connectivity index (χ4n) is 1.71. The molecule has 2 aromatic rings. The lowest BCUT2D eigenvalue weighted by molar-refractivity contribution is 0.0955. The van der Waals surface area contributed by atoms with Gasteiger partial charge in [0.2, 0.25) is 0 Å². The number of rotatable bonds is 4. The lowest BCUT2D eigenvalue weighted by Crippen LogP contribution is -2.19. The van der Waals surface area contributed by atoms with E-state index >= 15 is 0 Å². The quantitative estimate of drug-likeness (QED) is 0.669. The molecular weight excluding hydrogens is 268 g/mol. The van der Waals surface area contributed by atoms with E-state index in [0.29, 0.717) is 11.3 Å². The summed E-state index contributed by atoms with van der Waals surface area (Å²) < 4.78 is 5.08.